The molecule has 8 heteroatoms. The fraction of sp³-hybridized carbons (Fsp3) is 0.190. The van der Waals surface area contributed by atoms with Gasteiger partial charge in [0, 0.05) is 35.5 Å². The summed E-state index contributed by atoms with van der Waals surface area (Å²) in [5, 5.41) is 6.91. The first-order valence-electron chi connectivity index (χ1n) is 9.18. The third kappa shape index (κ3) is 2.97. The molecule has 29 heavy (non-hydrogen) atoms. The topological polar surface area (TPSA) is 77.6 Å². The number of hydrogen-bond donors (Lipinski definition) is 0. The highest BCUT2D eigenvalue weighted by molar-refractivity contribution is 7.17. The van der Waals surface area contributed by atoms with Gasteiger partial charge < -0.3 is 14.1 Å². The minimum Gasteiger partial charge on any atom is -0.439 e. The fourth-order valence-electron chi connectivity index (χ4n) is 3.52. The summed E-state index contributed by atoms with van der Waals surface area (Å²) in [6.07, 6.45) is 2.87. The van der Waals surface area contributed by atoms with Gasteiger partial charge in [-0.2, -0.15) is 9.78 Å². The van der Waals surface area contributed by atoms with Gasteiger partial charge in [0.05, 0.1) is 24.9 Å². The third-order valence-corrected chi connectivity index (χ3v) is 5.99. The number of carbonyl (C=O) groups is 1. The zero-order valence-corrected chi connectivity index (χ0v) is 16.3. The van der Waals surface area contributed by atoms with Gasteiger partial charge in [-0.15, -0.1) is 11.3 Å². The molecule has 5 rings (SSSR count). The molecule has 0 amide bonds. The van der Waals surface area contributed by atoms with Crippen molar-refractivity contribution >= 4 is 44.3 Å². The van der Waals surface area contributed by atoms with Gasteiger partial charge in [-0.05, 0) is 17.7 Å². The standard InChI is InChI=1S/C21H17N3O4S/c1-2-18(26)24-16-9-13(3-4-14(16)11-22-24)15-12-29-21-17(25)10-19(28-20(15)21)23-5-7-27-8-6-23/h2-4,9-12H,1,5-8H2. The predicted molar refractivity (Wildman–Crippen MR) is 113 cm³/mol. The first-order chi connectivity index (χ1) is 14.2. The van der Waals surface area contributed by atoms with Crippen LogP contribution in [0, 0.1) is 0 Å². The molecule has 0 N–H and O–H groups in total. The van der Waals surface area contributed by atoms with E-state index < -0.39 is 0 Å². The Labute approximate surface area is 169 Å². The molecule has 1 fully saturated rings. The summed E-state index contributed by atoms with van der Waals surface area (Å²) in [5.74, 6) is 0.256. The molecular weight excluding hydrogens is 390 g/mol. The molecule has 146 valence electrons. The van der Waals surface area contributed by atoms with E-state index in [0.717, 1.165) is 16.5 Å². The molecule has 0 saturated carbocycles. The number of fused-ring (bicyclic) bond motifs is 2. The SMILES string of the molecule is C=CC(=O)n1ncc2ccc(-c3csc4c(=O)cc(N5CCOCC5)oc34)cc21. The average molecular weight is 407 g/mol. The van der Waals surface area contributed by atoms with Crippen LogP contribution in [-0.2, 0) is 4.74 Å². The summed E-state index contributed by atoms with van der Waals surface area (Å²) in [6, 6.07) is 7.27. The van der Waals surface area contributed by atoms with Crippen LogP contribution in [0.15, 0.2) is 57.7 Å². The molecule has 1 aliphatic heterocycles. The second-order valence-corrected chi connectivity index (χ2v) is 7.61. The molecule has 0 radical (unpaired) electrons. The molecule has 3 aromatic heterocycles. The largest absolute Gasteiger partial charge is 0.439 e. The zero-order valence-electron chi connectivity index (χ0n) is 15.5. The van der Waals surface area contributed by atoms with E-state index in [1.807, 2.05) is 28.5 Å². The molecule has 4 aromatic rings. The first kappa shape index (κ1) is 17.8. The molecule has 1 aromatic carbocycles. The fourth-order valence-corrected chi connectivity index (χ4v) is 4.43. The number of rotatable bonds is 3. The second kappa shape index (κ2) is 6.98. The number of ether oxygens (including phenoxy) is 1. The summed E-state index contributed by atoms with van der Waals surface area (Å²) in [6.45, 7) is 6.11. The van der Waals surface area contributed by atoms with Crippen molar-refractivity contribution in [2.75, 3.05) is 31.2 Å². The van der Waals surface area contributed by atoms with Crippen LogP contribution in [0.5, 0.6) is 0 Å². The van der Waals surface area contributed by atoms with Crippen molar-refractivity contribution in [3.8, 4) is 11.1 Å². The second-order valence-electron chi connectivity index (χ2n) is 6.73. The molecule has 1 aliphatic rings. The summed E-state index contributed by atoms with van der Waals surface area (Å²) in [4.78, 5) is 26.8. The smallest absolute Gasteiger partial charge is 0.270 e. The van der Waals surface area contributed by atoms with Crippen molar-refractivity contribution in [2.45, 2.75) is 0 Å². The van der Waals surface area contributed by atoms with Gasteiger partial charge in [0.15, 0.2) is 11.5 Å². The van der Waals surface area contributed by atoms with Crippen LogP contribution in [0.4, 0.5) is 5.88 Å². The van der Waals surface area contributed by atoms with Crippen LogP contribution in [0.3, 0.4) is 0 Å². The molecule has 0 aliphatic carbocycles. The molecule has 0 unspecified atom stereocenters. The molecule has 7 nitrogen and oxygen atoms in total. The van der Waals surface area contributed by atoms with Gasteiger partial charge in [-0.25, -0.2) is 0 Å². The van der Waals surface area contributed by atoms with Crippen molar-refractivity contribution in [3.63, 3.8) is 0 Å². The lowest BCUT2D eigenvalue weighted by Gasteiger charge is -2.27. The Hall–Kier alpha value is -3.23. The van der Waals surface area contributed by atoms with Crippen molar-refractivity contribution < 1.29 is 13.9 Å². The normalized spacial score (nSPS) is 14.6. The maximum Gasteiger partial charge on any atom is 0.270 e. The van der Waals surface area contributed by atoms with Crippen LogP contribution in [0.1, 0.15) is 4.79 Å². The number of morpholine rings is 1. The monoisotopic (exact) mass is 407 g/mol. The summed E-state index contributed by atoms with van der Waals surface area (Å²) >= 11 is 1.36. The third-order valence-electron chi connectivity index (χ3n) is 5.02. The highest BCUT2D eigenvalue weighted by atomic mass is 32.1. The first-order valence-corrected chi connectivity index (χ1v) is 10.1. The quantitative estimate of drug-likeness (QED) is 0.484. The zero-order chi connectivity index (χ0) is 20.0. The number of nitrogens with zero attached hydrogens (tertiary/aromatic N) is 3. The lowest BCUT2D eigenvalue weighted by atomic mass is 10.1. The molecule has 0 atom stereocenters. The van der Waals surface area contributed by atoms with E-state index in [1.54, 1.807) is 12.3 Å². The van der Waals surface area contributed by atoms with Crippen molar-refractivity contribution in [1.29, 1.82) is 0 Å². The summed E-state index contributed by atoms with van der Waals surface area (Å²) in [7, 11) is 0. The number of hydrogen-bond acceptors (Lipinski definition) is 7. The van der Waals surface area contributed by atoms with E-state index in [9.17, 15) is 9.59 Å². The van der Waals surface area contributed by atoms with Crippen molar-refractivity contribution in [1.82, 2.24) is 9.78 Å². The van der Waals surface area contributed by atoms with Crippen LogP contribution in [0.25, 0.3) is 32.3 Å². The molecule has 1 saturated heterocycles. The number of carbonyl (C=O) groups excluding carboxylic acids is 1. The molecule has 0 spiro atoms. The van der Waals surface area contributed by atoms with Crippen LogP contribution in [0.2, 0.25) is 0 Å². The Morgan fingerprint density at radius 2 is 2.07 bits per heavy atom. The predicted octanol–water partition coefficient (Wildman–Crippen LogP) is 3.53. The van der Waals surface area contributed by atoms with Gasteiger partial charge in [0.1, 0.15) is 4.70 Å². The van der Waals surface area contributed by atoms with E-state index in [1.165, 1.54) is 22.1 Å². The minimum absolute atomic E-state index is 0.0584. The number of anilines is 1. The number of aromatic nitrogens is 2. The van der Waals surface area contributed by atoms with E-state index in [2.05, 4.69) is 11.7 Å². The van der Waals surface area contributed by atoms with Crippen molar-refractivity contribution in [3.05, 3.63) is 58.7 Å². The minimum atomic E-state index is -0.298. The number of allylic oxidation sites excluding steroid dienone is 1. The Bertz CT molecular complexity index is 1310. The van der Waals surface area contributed by atoms with Gasteiger partial charge in [0.2, 0.25) is 5.43 Å². The summed E-state index contributed by atoms with van der Waals surface area (Å²) in [5.41, 5.74) is 2.85. The Morgan fingerprint density at radius 1 is 1.24 bits per heavy atom. The Kier molecular flexibility index (Phi) is 4.30. The van der Waals surface area contributed by atoms with Crippen molar-refractivity contribution in [2.24, 2.45) is 0 Å². The van der Waals surface area contributed by atoms with E-state index >= 15 is 0 Å². The maximum absolute atomic E-state index is 12.7. The number of thiophene rings is 1. The van der Waals surface area contributed by atoms with Gasteiger partial charge in [-0.3, -0.25) is 9.59 Å². The van der Waals surface area contributed by atoms with Crippen LogP contribution >= 0.6 is 11.3 Å². The van der Waals surface area contributed by atoms with Gasteiger partial charge in [0.25, 0.3) is 5.91 Å². The lowest BCUT2D eigenvalue weighted by Crippen LogP contribution is -2.36. The van der Waals surface area contributed by atoms with Gasteiger partial charge in [-0.1, -0.05) is 18.7 Å². The molecule has 0 bridgehead atoms. The molecular formula is C21H17N3O4S. The Morgan fingerprint density at radius 3 is 2.86 bits per heavy atom. The van der Waals surface area contributed by atoms with E-state index in [4.69, 9.17) is 9.15 Å². The van der Waals surface area contributed by atoms with Gasteiger partial charge >= 0.3 is 0 Å². The van der Waals surface area contributed by atoms with E-state index in [0.29, 0.717) is 48.0 Å². The van der Waals surface area contributed by atoms with E-state index in [-0.39, 0.29) is 11.3 Å². The van der Waals surface area contributed by atoms with Crippen LogP contribution in [-0.4, -0.2) is 42.0 Å². The summed E-state index contributed by atoms with van der Waals surface area (Å²) < 4.78 is 13.5. The lowest BCUT2D eigenvalue weighted by molar-refractivity contribution is 0.0960. The molecule has 4 heterocycles. The highest BCUT2D eigenvalue weighted by Gasteiger charge is 2.19. The van der Waals surface area contributed by atoms with Crippen LogP contribution < -0.4 is 10.3 Å². The number of benzene rings is 1. The Balaban J connectivity index is 1.66. The average Bonchev–Trinajstić information content (AvgIpc) is 3.38. The maximum atomic E-state index is 12.7. The highest BCUT2D eigenvalue weighted by Crippen LogP contribution is 2.35.